The van der Waals surface area contributed by atoms with Crippen molar-refractivity contribution < 1.29 is 17.9 Å². The van der Waals surface area contributed by atoms with E-state index in [0.717, 1.165) is 11.6 Å². The van der Waals surface area contributed by atoms with E-state index in [2.05, 4.69) is 5.10 Å². The lowest BCUT2D eigenvalue weighted by atomic mass is 10.1. The lowest BCUT2D eigenvalue weighted by molar-refractivity contribution is -0.141. The number of nitriles is 1. The number of benzene rings is 2. The Morgan fingerprint density at radius 1 is 1.08 bits per heavy atom. The Morgan fingerprint density at radius 3 is 2.31 bits per heavy atom. The van der Waals surface area contributed by atoms with E-state index in [0.29, 0.717) is 22.7 Å². The first-order valence-corrected chi connectivity index (χ1v) is 7.73. The largest absolute Gasteiger partial charge is 0.479 e. The molecule has 0 atom stereocenters. The molecule has 4 nitrogen and oxygen atoms in total. The van der Waals surface area contributed by atoms with E-state index in [-0.39, 0.29) is 6.61 Å². The molecule has 26 heavy (non-hydrogen) atoms. The molecule has 0 spiro atoms. The summed E-state index contributed by atoms with van der Waals surface area (Å²) in [6.45, 7) is 1.80. The Labute approximate surface area is 148 Å². The van der Waals surface area contributed by atoms with Crippen molar-refractivity contribution in [2.75, 3.05) is 6.61 Å². The average molecular weight is 357 g/mol. The fourth-order valence-electron chi connectivity index (χ4n) is 2.45. The van der Waals surface area contributed by atoms with Crippen LogP contribution in [0.2, 0.25) is 0 Å². The normalized spacial score (nSPS) is 11.2. The number of ether oxygens (including phenoxy) is 1. The van der Waals surface area contributed by atoms with Crippen molar-refractivity contribution in [3.05, 3.63) is 65.9 Å². The quantitative estimate of drug-likeness (QED) is 0.676. The van der Waals surface area contributed by atoms with Gasteiger partial charge in [-0.25, -0.2) is 4.68 Å². The highest BCUT2D eigenvalue weighted by Crippen LogP contribution is 2.33. The van der Waals surface area contributed by atoms with Gasteiger partial charge in [-0.15, -0.1) is 0 Å². The molecule has 1 aromatic heterocycles. The van der Waals surface area contributed by atoms with Crippen molar-refractivity contribution in [1.82, 2.24) is 9.78 Å². The number of aryl methyl sites for hydroxylation is 1. The highest BCUT2D eigenvalue weighted by atomic mass is 19.4. The first kappa shape index (κ1) is 17.5. The zero-order valence-electron chi connectivity index (χ0n) is 13.8. The monoisotopic (exact) mass is 357 g/mol. The van der Waals surface area contributed by atoms with Gasteiger partial charge in [-0.2, -0.15) is 23.5 Å². The maximum Gasteiger partial charge on any atom is 0.435 e. The summed E-state index contributed by atoms with van der Waals surface area (Å²) < 4.78 is 45.9. The number of nitrogens with zero attached hydrogens (tertiary/aromatic N) is 3. The number of hydrogen-bond acceptors (Lipinski definition) is 3. The molecule has 2 aromatic carbocycles. The summed E-state index contributed by atoms with van der Waals surface area (Å²) in [6, 6.07) is 16.4. The lowest BCUT2D eigenvalue weighted by Gasteiger charge is -2.09. The fourth-order valence-corrected chi connectivity index (χ4v) is 2.45. The molecular weight excluding hydrogens is 343 g/mol. The van der Waals surface area contributed by atoms with E-state index in [1.165, 1.54) is 4.68 Å². The van der Waals surface area contributed by atoms with E-state index in [1.54, 1.807) is 36.4 Å². The van der Waals surface area contributed by atoms with E-state index in [4.69, 9.17) is 10.00 Å². The Morgan fingerprint density at radius 2 is 1.73 bits per heavy atom. The van der Waals surface area contributed by atoms with Crippen LogP contribution in [0.1, 0.15) is 11.3 Å². The van der Waals surface area contributed by atoms with Gasteiger partial charge in [0.05, 0.1) is 11.4 Å². The number of aromatic nitrogens is 2. The minimum atomic E-state index is -4.54. The van der Waals surface area contributed by atoms with Crippen molar-refractivity contribution in [2.24, 2.45) is 0 Å². The summed E-state index contributed by atoms with van der Waals surface area (Å²) in [5, 5.41) is 12.3. The molecule has 3 aromatic rings. The Hall–Kier alpha value is -3.27. The van der Waals surface area contributed by atoms with Crippen molar-refractivity contribution in [1.29, 1.82) is 5.26 Å². The molecule has 1 heterocycles. The predicted octanol–water partition coefficient (Wildman–Crippen LogP) is 4.77. The Kier molecular flexibility index (Phi) is 4.67. The van der Waals surface area contributed by atoms with Gasteiger partial charge in [-0.1, -0.05) is 17.7 Å². The van der Waals surface area contributed by atoms with Crippen LogP contribution in [0.15, 0.2) is 54.6 Å². The summed E-state index contributed by atoms with van der Waals surface area (Å²) in [4.78, 5) is 0. The van der Waals surface area contributed by atoms with E-state index >= 15 is 0 Å². The second-order valence-corrected chi connectivity index (χ2v) is 5.63. The predicted molar refractivity (Wildman–Crippen MR) is 89.8 cm³/mol. The number of halogens is 3. The molecule has 0 unspecified atom stereocenters. The van der Waals surface area contributed by atoms with Gasteiger partial charge >= 0.3 is 6.18 Å². The molecule has 0 radical (unpaired) electrons. The van der Waals surface area contributed by atoms with Gasteiger partial charge in [0, 0.05) is 5.56 Å². The van der Waals surface area contributed by atoms with Crippen LogP contribution in [-0.4, -0.2) is 16.4 Å². The van der Waals surface area contributed by atoms with Crippen LogP contribution in [-0.2, 0) is 6.18 Å². The molecule has 0 bridgehead atoms. The summed E-state index contributed by atoms with van der Waals surface area (Å²) in [5.74, 6) is 0.466. The third-order valence-electron chi connectivity index (χ3n) is 3.73. The molecule has 0 aliphatic rings. The fraction of sp³-hybridized carbons (Fsp3) is 0.158. The summed E-state index contributed by atoms with van der Waals surface area (Å²) in [6.07, 6.45) is -4.54. The molecule has 0 aliphatic heterocycles. The second kappa shape index (κ2) is 6.92. The zero-order chi connectivity index (χ0) is 18.7. The first-order valence-electron chi connectivity index (χ1n) is 7.73. The molecule has 0 N–H and O–H groups in total. The van der Waals surface area contributed by atoms with Gasteiger partial charge in [0.2, 0.25) is 0 Å². The van der Waals surface area contributed by atoms with Crippen LogP contribution in [0.4, 0.5) is 13.2 Å². The summed E-state index contributed by atoms with van der Waals surface area (Å²) in [7, 11) is 0. The third kappa shape index (κ3) is 3.70. The highest BCUT2D eigenvalue weighted by Gasteiger charge is 2.35. The number of rotatable bonds is 4. The minimum absolute atomic E-state index is 0.0983. The maximum absolute atomic E-state index is 13.2. The van der Waals surface area contributed by atoms with Gasteiger partial charge in [-0.05, 0) is 49.4 Å². The minimum Gasteiger partial charge on any atom is -0.479 e. The van der Waals surface area contributed by atoms with Crippen molar-refractivity contribution in [3.8, 4) is 28.8 Å². The van der Waals surface area contributed by atoms with Crippen molar-refractivity contribution >= 4 is 0 Å². The Bertz CT molecular complexity index is 936. The van der Waals surface area contributed by atoms with Crippen LogP contribution in [0.3, 0.4) is 0 Å². The highest BCUT2D eigenvalue weighted by molar-refractivity contribution is 5.64. The Balaban J connectivity index is 2.06. The molecule has 0 aliphatic carbocycles. The number of hydrogen-bond donors (Lipinski definition) is 0. The van der Waals surface area contributed by atoms with Crippen LogP contribution >= 0.6 is 0 Å². The van der Waals surface area contributed by atoms with Crippen LogP contribution in [0, 0.1) is 18.3 Å². The van der Waals surface area contributed by atoms with Crippen LogP contribution in [0.5, 0.6) is 5.75 Å². The van der Waals surface area contributed by atoms with Gasteiger partial charge in [0.1, 0.15) is 11.8 Å². The van der Waals surface area contributed by atoms with Crippen molar-refractivity contribution in [3.63, 3.8) is 0 Å². The van der Waals surface area contributed by atoms with Crippen molar-refractivity contribution in [2.45, 2.75) is 13.1 Å². The molecule has 0 fully saturated rings. The lowest BCUT2D eigenvalue weighted by Crippen LogP contribution is -2.07. The van der Waals surface area contributed by atoms with Gasteiger partial charge < -0.3 is 4.74 Å². The maximum atomic E-state index is 13.2. The van der Waals surface area contributed by atoms with Gasteiger partial charge in [-0.3, -0.25) is 0 Å². The van der Waals surface area contributed by atoms with Gasteiger partial charge in [0.15, 0.2) is 12.3 Å². The second-order valence-electron chi connectivity index (χ2n) is 5.63. The standard InChI is InChI=1S/C19H14F3N3O/c1-13-2-6-15(7-3-13)25-17(12-18(24-25)19(20,21)22)14-4-8-16(9-5-14)26-11-10-23/h2-9,12H,11H2,1H3. The topological polar surface area (TPSA) is 50.8 Å². The SMILES string of the molecule is Cc1ccc(-n2nc(C(F)(F)F)cc2-c2ccc(OCC#N)cc2)cc1. The number of alkyl halides is 3. The third-order valence-corrected chi connectivity index (χ3v) is 3.73. The molecule has 7 heteroatoms. The smallest absolute Gasteiger partial charge is 0.435 e. The zero-order valence-corrected chi connectivity index (χ0v) is 13.8. The molecule has 3 rings (SSSR count). The molecular formula is C19H14F3N3O. The van der Waals surface area contributed by atoms with E-state index in [1.807, 2.05) is 25.1 Å². The van der Waals surface area contributed by atoms with E-state index in [9.17, 15) is 13.2 Å². The molecule has 0 saturated carbocycles. The molecule has 132 valence electrons. The van der Waals surface area contributed by atoms with E-state index < -0.39 is 11.9 Å². The van der Waals surface area contributed by atoms with Crippen LogP contribution < -0.4 is 4.74 Å². The molecule has 0 amide bonds. The average Bonchev–Trinajstić information content (AvgIpc) is 3.07. The van der Waals surface area contributed by atoms with Crippen LogP contribution in [0.25, 0.3) is 16.9 Å². The van der Waals surface area contributed by atoms with Gasteiger partial charge in [0.25, 0.3) is 0 Å². The summed E-state index contributed by atoms with van der Waals surface area (Å²) >= 11 is 0. The first-order chi connectivity index (χ1) is 12.4. The summed E-state index contributed by atoms with van der Waals surface area (Å²) in [5.41, 5.74) is 1.44. The molecule has 0 saturated heterocycles.